The van der Waals surface area contributed by atoms with Crippen LogP contribution in [0.15, 0.2) is 41.1 Å². The molecule has 16 heavy (non-hydrogen) atoms. The van der Waals surface area contributed by atoms with Gasteiger partial charge in [-0.25, -0.2) is 0 Å². The Morgan fingerprint density at radius 2 is 2.00 bits per heavy atom. The molecule has 0 bridgehead atoms. The third-order valence-electron chi connectivity index (χ3n) is 2.32. The number of rotatable bonds is 4. The highest BCUT2D eigenvalue weighted by Crippen LogP contribution is 2.14. The van der Waals surface area contributed by atoms with Gasteiger partial charge in [0, 0.05) is 6.42 Å². The summed E-state index contributed by atoms with van der Waals surface area (Å²) in [5.74, 6) is 0. The molecule has 0 aliphatic rings. The molecule has 0 aliphatic carbocycles. The molecule has 3 heteroatoms. The lowest BCUT2D eigenvalue weighted by atomic mass is 10.0. The van der Waals surface area contributed by atoms with Crippen LogP contribution in [0.2, 0.25) is 0 Å². The van der Waals surface area contributed by atoms with E-state index in [-0.39, 0.29) is 5.24 Å². The molecule has 2 rings (SSSR count). The monoisotopic (exact) mass is 250 g/mol. The zero-order valence-corrected chi connectivity index (χ0v) is 10.2. The summed E-state index contributed by atoms with van der Waals surface area (Å²) in [6.07, 6.45) is 1.22. The van der Waals surface area contributed by atoms with Crippen LogP contribution in [-0.2, 0) is 17.6 Å². The zero-order valence-electron chi connectivity index (χ0n) is 8.65. The van der Waals surface area contributed by atoms with Gasteiger partial charge in [-0.05, 0) is 51.5 Å². The highest BCUT2D eigenvalue weighted by molar-refractivity contribution is 7.07. The molecule has 82 valence electrons. The third kappa shape index (κ3) is 3.19. The van der Waals surface area contributed by atoms with E-state index in [0.717, 1.165) is 12.0 Å². The summed E-state index contributed by atoms with van der Waals surface area (Å²) in [6, 6.07) is 10.1. The summed E-state index contributed by atoms with van der Waals surface area (Å²) in [7, 11) is 0. The Morgan fingerprint density at radius 1 is 1.19 bits per heavy atom. The van der Waals surface area contributed by atoms with Gasteiger partial charge in [-0.1, -0.05) is 24.3 Å². The number of carbonyl (C=O) groups is 1. The van der Waals surface area contributed by atoms with Crippen LogP contribution in [0.5, 0.6) is 0 Å². The molecule has 0 amide bonds. The van der Waals surface area contributed by atoms with Crippen molar-refractivity contribution >= 4 is 28.2 Å². The van der Waals surface area contributed by atoms with Gasteiger partial charge in [0.25, 0.3) is 0 Å². The van der Waals surface area contributed by atoms with Crippen molar-refractivity contribution in [3.05, 3.63) is 57.8 Å². The summed E-state index contributed by atoms with van der Waals surface area (Å²) >= 11 is 7.07. The number of hydrogen-bond donors (Lipinski definition) is 0. The molecule has 0 unspecified atom stereocenters. The number of halogens is 1. The van der Waals surface area contributed by atoms with Crippen LogP contribution in [0, 0.1) is 0 Å². The first-order valence-electron chi connectivity index (χ1n) is 5.01. The first kappa shape index (κ1) is 11.4. The van der Waals surface area contributed by atoms with Crippen molar-refractivity contribution in [1.29, 1.82) is 0 Å². The highest BCUT2D eigenvalue weighted by Gasteiger charge is 2.02. The van der Waals surface area contributed by atoms with Gasteiger partial charge in [0.1, 0.15) is 0 Å². The van der Waals surface area contributed by atoms with E-state index >= 15 is 0 Å². The molecule has 0 aliphatic heterocycles. The van der Waals surface area contributed by atoms with Crippen molar-refractivity contribution in [2.75, 3.05) is 0 Å². The lowest BCUT2D eigenvalue weighted by molar-refractivity contribution is -0.111. The topological polar surface area (TPSA) is 17.1 Å². The fraction of sp³-hybridized carbons (Fsp3) is 0.154. The Morgan fingerprint density at radius 3 is 2.69 bits per heavy atom. The van der Waals surface area contributed by atoms with Crippen LogP contribution in [-0.4, -0.2) is 5.24 Å². The molecular weight excluding hydrogens is 240 g/mol. The van der Waals surface area contributed by atoms with E-state index in [0.29, 0.717) is 6.42 Å². The van der Waals surface area contributed by atoms with Gasteiger partial charge in [0.15, 0.2) is 0 Å². The Kier molecular flexibility index (Phi) is 3.75. The minimum absolute atomic E-state index is 0.305. The molecule has 1 heterocycles. The number of hydrogen-bond acceptors (Lipinski definition) is 2. The van der Waals surface area contributed by atoms with Crippen molar-refractivity contribution < 1.29 is 4.79 Å². The normalized spacial score (nSPS) is 10.3. The van der Waals surface area contributed by atoms with E-state index in [1.54, 1.807) is 11.3 Å². The van der Waals surface area contributed by atoms with E-state index in [2.05, 4.69) is 22.9 Å². The van der Waals surface area contributed by atoms with Gasteiger partial charge in [-0.3, -0.25) is 4.79 Å². The molecule has 0 atom stereocenters. The number of carbonyl (C=O) groups excluding carboxylic acids is 1. The van der Waals surface area contributed by atoms with Gasteiger partial charge in [0.2, 0.25) is 5.24 Å². The summed E-state index contributed by atoms with van der Waals surface area (Å²) < 4.78 is 0. The molecule has 1 aromatic heterocycles. The Labute approximate surface area is 104 Å². The van der Waals surface area contributed by atoms with E-state index < -0.39 is 0 Å². The van der Waals surface area contributed by atoms with Crippen molar-refractivity contribution in [2.45, 2.75) is 12.8 Å². The molecule has 2 aromatic rings. The summed E-state index contributed by atoms with van der Waals surface area (Å²) in [4.78, 5) is 10.8. The fourth-order valence-corrected chi connectivity index (χ4v) is 2.46. The molecular formula is C13H11ClOS. The minimum Gasteiger partial charge on any atom is -0.281 e. The molecule has 0 saturated heterocycles. The van der Waals surface area contributed by atoms with Crippen LogP contribution in [0.3, 0.4) is 0 Å². The average molecular weight is 251 g/mol. The van der Waals surface area contributed by atoms with Gasteiger partial charge < -0.3 is 0 Å². The van der Waals surface area contributed by atoms with Crippen LogP contribution in [0.1, 0.15) is 16.7 Å². The van der Waals surface area contributed by atoms with Crippen molar-refractivity contribution in [1.82, 2.24) is 0 Å². The van der Waals surface area contributed by atoms with Gasteiger partial charge in [-0.15, -0.1) is 0 Å². The van der Waals surface area contributed by atoms with Crippen LogP contribution < -0.4 is 0 Å². The lowest BCUT2D eigenvalue weighted by Gasteiger charge is -2.02. The maximum atomic E-state index is 10.8. The molecule has 1 nitrogen and oxygen atoms in total. The standard InChI is InChI=1S/C13H11ClOS/c14-13(15)8-11-3-1-2-10(6-11)7-12-4-5-16-9-12/h1-6,9H,7-8H2. The summed E-state index contributed by atoms with van der Waals surface area (Å²) in [5, 5.41) is 3.90. The second-order valence-electron chi connectivity index (χ2n) is 3.66. The Bertz CT molecular complexity index is 476. The van der Waals surface area contributed by atoms with E-state index in [4.69, 9.17) is 11.6 Å². The quantitative estimate of drug-likeness (QED) is 0.757. The van der Waals surface area contributed by atoms with Crippen LogP contribution >= 0.6 is 22.9 Å². The van der Waals surface area contributed by atoms with Gasteiger partial charge >= 0.3 is 0 Å². The molecule has 0 radical (unpaired) electrons. The Balaban J connectivity index is 2.13. The predicted octanol–water partition coefficient (Wildman–Crippen LogP) is 3.65. The maximum absolute atomic E-state index is 10.8. The van der Waals surface area contributed by atoms with Crippen LogP contribution in [0.4, 0.5) is 0 Å². The van der Waals surface area contributed by atoms with Gasteiger partial charge in [-0.2, -0.15) is 11.3 Å². The molecule has 0 saturated carbocycles. The van der Waals surface area contributed by atoms with E-state index in [1.165, 1.54) is 11.1 Å². The van der Waals surface area contributed by atoms with Gasteiger partial charge in [0.05, 0.1) is 0 Å². The highest BCUT2D eigenvalue weighted by atomic mass is 35.5. The minimum atomic E-state index is -0.312. The summed E-state index contributed by atoms with van der Waals surface area (Å²) in [6.45, 7) is 0. The van der Waals surface area contributed by atoms with Crippen molar-refractivity contribution in [2.24, 2.45) is 0 Å². The molecule has 0 fully saturated rings. The second-order valence-corrected chi connectivity index (χ2v) is 4.86. The van der Waals surface area contributed by atoms with Crippen LogP contribution in [0.25, 0.3) is 0 Å². The lowest BCUT2D eigenvalue weighted by Crippen LogP contribution is -1.95. The Hall–Kier alpha value is -1.12. The largest absolute Gasteiger partial charge is 0.281 e. The molecule has 0 spiro atoms. The average Bonchev–Trinajstić information content (AvgIpc) is 2.70. The fourth-order valence-electron chi connectivity index (χ4n) is 1.64. The van der Waals surface area contributed by atoms with E-state index in [9.17, 15) is 4.79 Å². The SMILES string of the molecule is O=C(Cl)Cc1cccc(Cc2ccsc2)c1. The zero-order chi connectivity index (χ0) is 11.4. The maximum Gasteiger partial charge on any atom is 0.226 e. The predicted molar refractivity (Wildman–Crippen MR) is 68.1 cm³/mol. The molecule has 1 aromatic carbocycles. The molecule has 0 N–H and O–H groups in total. The first-order valence-corrected chi connectivity index (χ1v) is 6.33. The van der Waals surface area contributed by atoms with E-state index in [1.807, 2.05) is 18.2 Å². The number of thiophene rings is 1. The summed E-state index contributed by atoms with van der Waals surface area (Å²) in [5.41, 5.74) is 3.50. The number of benzene rings is 1. The second kappa shape index (κ2) is 5.28. The van der Waals surface area contributed by atoms with Crippen molar-refractivity contribution in [3.63, 3.8) is 0 Å². The first-order chi connectivity index (χ1) is 7.74. The smallest absolute Gasteiger partial charge is 0.226 e. The van der Waals surface area contributed by atoms with Crippen molar-refractivity contribution in [3.8, 4) is 0 Å². The third-order valence-corrected chi connectivity index (χ3v) is 3.19.